The zero-order valence-electron chi connectivity index (χ0n) is 11.3. The second kappa shape index (κ2) is 6.14. The molecule has 1 rings (SSSR count). The highest BCUT2D eigenvalue weighted by Crippen LogP contribution is 2.37. The van der Waals surface area contributed by atoms with Crippen LogP contribution in [0.25, 0.3) is 0 Å². The van der Waals surface area contributed by atoms with Crippen molar-refractivity contribution in [1.82, 2.24) is 0 Å². The number of halogens is 3. The Morgan fingerprint density at radius 1 is 1.16 bits per heavy atom. The Balaban J connectivity index is 3.06. The summed E-state index contributed by atoms with van der Waals surface area (Å²) >= 11 is 0. The van der Waals surface area contributed by atoms with Gasteiger partial charge in [0.1, 0.15) is 5.75 Å². The molecule has 0 heterocycles. The number of rotatable bonds is 5. The predicted molar refractivity (Wildman–Crippen MR) is 67.6 cm³/mol. The summed E-state index contributed by atoms with van der Waals surface area (Å²) in [6, 6.07) is 3.58. The van der Waals surface area contributed by atoms with Crippen molar-refractivity contribution in [3.05, 3.63) is 23.8 Å². The number of methoxy groups -OCH3 is 2. The summed E-state index contributed by atoms with van der Waals surface area (Å²) in [6.45, 7) is 3.55. The summed E-state index contributed by atoms with van der Waals surface area (Å²) in [4.78, 5) is 0. The minimum absolute atomic E-state index is 0.0182. The molecule has 0 aliphatic heterocycles. The van der Waals surface area contributed by atoms with E-state index in [9.17, 15) is 13.2 Å². The molecule has 0 aliphatic carbocycles. The molecule has 0 spiro atoms. The molecule has 1 aromatic rings. The van der Waals surface area contributed by atoms with Crippen LogP contribution in [0, 0.1) is 0 Å². The first kappa shape index (κ1) is 15.6. The summed E-state index contributed by atoms with van der Waals surface area (Å²) in [5, 5.41) is 2.82. The number of ether oxygens (including phenoxy) is 2. The normalized spacial score (nSPS) is 14.9. The van der Waals surface area contributed by atoms with E-state index in [2.05, 4.69) is 5.32 Å². The van der Waals surface area contributed by atoms with Gasteiger partial charge in [0.2, 0.25) is 0 Å². The molecule has 2 atom stereocenters. The summed E-state index contributed by atoms with van der Waals surface area (Å²) in [7, 11) is 2.85. The van der Waals surface area contributed by atoms with E-state index in [1.165, 1.54) is 26.4 Å². The zero-order chi connectivity index (χ0) is 14.6. The van der Waals surface area contributed by atoms with Crippen molar-refractivity contribution >= 4 is 5.69 Å². The first-order valence-corrected chi connectivity index (χ1v) is 5.84. The first-order valence-electron chi connectivity index (χ1n) is 5.84. The van der Waals surface area contributed by atoms with Gasteiger partial charge in [-0.05, 0) is 32.0 Å². The molecule has 0 saturated carbocycles. The SMILES string of the molecule is COc1ccc(NC(C)C(C)OC)c(C(F)(F)F)c1. The van der Waals surface area contributed by atoms with Crippen molar-refractivity contribution in [3.63, 3.8) is 0 Å². The van der Waals surface area contributed by atoms with Gasteiger partial charge in [-0.2, -0.15) is 13.2 Å². The molecule has 0 aromatic heterocycles. The number of alkyl halides is 3. The number of hydrogen-bond donors (Lipinski definition) is 1. The first-order chi connectivity index (χ1) is 8.79. The van der Waals surface area contributed by atoms with E-state index >= 15 is 0 Å². The lowest BCUT2D eigenvalue weighted by molar-refractivity contribution is -0.137. The van der Waals surface area contributed by atoms with Gasteiger partial charge in [-0.15, -0.1) is 0 Å². The second-order valence-electron chi connectivity index (χ2n) is 4.28. The molecule has 19 heavy (non-hydrogen) atoms. The van der Waals surface area contributed by atoms with Crippen molar-refractivity contribution < 1.29 is 22.6 Å². The molecule has 0 bridgehead atoms. The molecule has 108 valence electrons. The Hall–Kier alpha value is -1.43. The van der Waals surface area contributed by atoms with E-state index in [-0.39, 0.29) is 23.6 Å². The van der Waals surface area contributed by atoms with Gasteiger partial charge in [-0.3, -0.25) is 0 Å². The molecule has 2 unspecified atom stereocenters. The van der Waals surface area contributed by atoms with Crippen LogP contribution in [0.3, 0.4) is 0 Å². The van der Waals surface area contributed by atoms with Crippen LogP contribution in [0.1, 0.15) is 19.4 Å². The fraction of sp³-hybridized carbons (Fsp3) is 0.538. The Bertz CT molecular complexity index is 421. The largest absolute Gasteiger partial charge is 0.497 e. The Morgan fingerprint density at radius 2 is 1.79 bits per heavy atom. The molecule has 1 aromatic carbocycles. The summed E-state index contributed by atoms with van der Waals surface area (Å²) in [5.74, 6) is 0.172. The topological polar surface area (TPSA) is 30.5 Å². The highest BCUT2D eigenvalue weighted by molar-refractivity contribution is 5.56. The van der Waals surface area contributed by atoms with Gasteiger partial charge in [-0.25, -0.2) is 0 Å². The van der Waals surface area contributed by atoms with E-state index in [0.717, 1.165) is 6.07 Å². The molecule has 0 aliphatic rings. The fourth-order valence-electron chi connectivity index (χ4n) is 1.58. The summed E-state index contributed by atoms with van der Waals surface area (Å²) in [5.41, 5.74) is -0.730. The van der Waals surface area contributed by atoms with Crippen LogP contribution < -0.4 is 10.1 Å². The smallest absolute Gasteiger partial charge is 0.418 e. The van der Waals surface area contributed by atoms with Crippen LogP contribution in [-0.4, -0.2) is 26.4 Å². The van der Waals surface area contributed by atoms with Crippen molar-refractivity contribution in [2.24, 2.45) is 0 Å². The number of nitrogens with one attached hydrogen (secondary N) is 1. The van der Waals surface area contributed by atoms with E-state index in [1.807, 2.05) is 0 Å². The van der Waals surface area contributed by atoms with E-state index < -0.39 is 11.7 Å². The lowest BCUT2D eigenvalue weighted by Gasteiger charge is -2.23. The van der Waals surface area contributed by atoms with Gasteiger partial charge >= 0.3 is 6.18 Å². The van der Waals surface area contributed by atoms with Gasteiger partial charge in [0.15, 0.2) is 0 Å². The van der Waals surface area contributed by atoms with E-state index in [4.69, 9.17) is 9.47 Å². The quantitative estimate of drug-likeness (QED) is 0.892. The van der Waals surface area contributed by atoms with Gasteiger partial charge in [0, 0.05) is 18.8 Å². The Kier molecular flexibility index (Phi) is 5.05. The molecule has 0 saturated heterocycles. The second-order valence-corrected chi connectivity index (χ2v) is 4.28. The van der Waals surface area contributed by atoms with Gasteiger partial charge < -0.3 is 14.8 Å². The van der Waals surface area contributed by atoms with Crippen molar-refractivity contribution in [1.29, 1.82) is 0 Å². The third-order valence-electron chi connectivity index (χ3n) is 2.99. The molecule has 0 fully saturated rings. The van der Waals surface area contributed by atoms with Gasteiger partial charge in [0.05, 0.1) is 18.8 Å². The number of anilines is 1. The standard InChI is InChI=1S/C13H18F3NO2/c1-8(9(2)18-3)17-12-6-5-10(19-4)7-11(12)13(14,15)16/h5-9,17H,1-4H3. The summed E-state index contributed by atoms with van der Waals surface area (Å²) in [6.07, 6.45) is -4.64. The molecule has 6 heteroatoms. The Morgan fingerprint density at radius 3 is 2.26 bits per heavy atom. The minimum atomic E-state index is -4.44. The highest BCUT2D eigenvalue weighted by Gasteiger charge is 2.34. The third kappa shape index (κ3) is 4.02. The van der Waals surface area contributed by atoms with Crippen LogP contribution in [0.2, 0.25) is 0 Å². The molecule has 0 radical (unpaired) electrons. The van der Waals surface area contributed by atoms with Crippen LogP contribution in [0.4, 0.5) is 18.9 Å². The summed E-state index contributed by atoms with van der Waals surface area (Å²) < 4.78 is 48.8. The van der Waals surface area contributed by atoms with Crippen LogP contribution in [0.5, 0.6) is 5.75 Å². The van der Waals surface area contributed by atoms with Crippen LogP contribution in [-0.2, 0) is 10.9 Å². The maximum absolute atomic E-state index is 13.0. The molecule has 3 nitrogen and oxygen atoms in total. The van der Waals surface area contributed by atoms with Crippen molar-refractivity contribution in [3.8, 4) is 5.75 Å². The lowest BCUT2D eigenvalue weighted by atomic mass is 10.1. The highest BCUT2D eigenvalue weighted by atomic mass is 19.4. The molecule has 0 amide bonds. The molecular formula is C13H18F3NO2. The third-order valence-corrected chi connectivity index (χ3v) is 2.99. The zero-order valence-corrected chi connectivity index (χ0v) is 11.3. The number of hydrogen-bond acceptors (Lipinski definition) is 3. The van der Waals surface area contributed by atoms with Gasteiger partial charge in [0.25, 0.3) is 0 Å². The van der Waals surface area contributed by atoms with E-state index in [1.54, 1.807) is 13.8 Å². The number of benzene rings is 1. The lowest BCUT2D eigenvalue weighted by Crippen LogP contribution is -2.30. The average molecular weight is 277 g/mol. The monoisotopic (exact) mass is 277 g/mol. The van der Waals surface area contributed by atoms with Crippen molar-refractivity contribution in [2.45, 2.75) is 32.2 Å². The average Bonchev–Trinajstić information content (AvgIpc) is 2.36. The van der Waals surface area contributed by atoms with Gasteiger partial charge in [-0.1, -0.05) is 0 Å². The molecular weight excluding hydrogens is 259 g/mol. The maximum atomic E-state index is 13.0. The predicted octanol–water partition coefficient (Wildman–Crippen LogP) is 3.55. The fourth-order valence-corrected chi connectivity index (χ4v) is 1.58. The van der Waals surface area contributed by atoms with Crippen LogP contribution >= 0.6 is 0 Å². The molecule has 1 N–H and O–H groups in total. The van der Waals surface area contributed by atoms with E-state index in [0.29, 0.717) is 0 Å². The maximum Gasteiger partial charge on any atom is 0.418 e. The van der Waals surface area contributed by atoms with Crippen LogP contribution in [0.15, 0.2) is 18.2 Å². The Labute approximate surface area is 110 Å². The minimum Gasteiger partial charge on any atom is -0.497 e. The van der Waals surface area contributed by atoms with Crippen molar-refractivity contribution in [2.75, 3.05) is 19.5 Å².